The third-order valence-electron chi connectivity index (χ3n) is 2.77. The van der Waals surface area contributed by atoms with E-state index >= 15 is 0 Å². The molecule has 1 rings (SSSR count). The predicted octanol–water partition coefficient (Wildman–Crippen LogP) is 0.933. The maximum atomic E-state index is 12.0. The highest BCUT2D eigenvalue weighted by Crippen LogP contribution is 2.20. The van der Waals surface area contributed by atoms with Gasteiger partial charge in [0.05, 0.1) is 6.54 Å². The minimum Gasteiger partial charge on any atom is -0.481 e. The molecule has 0 amide bonds. The zero-order valence-electron chi connectivity index (χ0n) is 9.63. The molecule has 0 radical (unpaired) electrons. The number of aliphatic carboxylic acids is 1. The van der Waals surface area contributed by atoms with Crippen molar-refractivity contribution in [2.75, 3.05) is 26.7 Å². The lowest BCUT2D eigenvalue weighted by molar-refractivity contribution is -0.139. The monoisotopic (exact) mass is 254 g/mol. The Bertz CT molecular complexity index is 271. The molecule has 0 aromatic rings. The van der Waals surface area contributed by atoms with Gasteiger partial charge in [0, 0.05) is 25.6 Å². The van der Waals surface area contributed by atoms with E-state index in [4.69, 9.17) is 5.11 Å². The Labute approximate surface area is 97.8 Å². The number of nitrogens with one attached hydrogen (secondary N) is 1. The number of rotatable bonds is 4. The molecule has 2 N–H and O–H groups in total. The summed E-state index contributed by atoms with van der Waals surface area (Å²) in [5, 5.41) is 11.1. The largest absolute Gasteiger partial charge is 0.481 e. The van der Waals surface area contributed by atoms with Gasteiger partial charge in [-0.1, -0.05) is 0 Å². The molecule has 0 aromatic heterocycles. The van der Waals surface area contributed by atoms with Crippen molar-refractivity contribution in [1.29, 1.82) is 0 Å². The second-order valence-electron chi connectivity index (χ2n) is 4.61. The van der Waals surface area contributed by atoms with Gasteiger partial charge >= 0.3 is 12.1 Å². The lowest BCUT2D eigenvalue weighted by Gasteiger charge is -2.35. The first-order valence-corrected chi connectivity index (χ1v) is 5.46. The van der Waals surface area contributed by atoms with E-state index in [0.29, 0.717) is 19.5 Å². The molecule has 1 heterocycles. The quantitative estimate of drug-likeness (QED) is 0.783. The molecular weight excluding hydrogens is 237 g/mol. The number of likely N-dealkylation sites (N-methyl/N-ethyl adjacent to an activating group) is 1. The molecule has 2 unspecified atom stereocenters. The molecular formula is C10H17F3N2O2. The fourth-order valence-electron chi connectivity index (χ4n) is 2.25. The number of piperidine rings is 1. The molecule has 1 aliphatic rings. The standard InChI is InChI=1S/C10H17F3N2O2/c1-15-4-7(3-9(16)17)2-8(5-15)14-6-10(11,12)13/h7-8,14H,2-6H2,1H3,(H,16,17). The van der Waals surface area contributed by atoms with Crippen molar-refractivity contribution >= 4 is 5.97 Å². The number of carboxylic acids is 1. The first-order valence-electron chi connectivity index (χ1n) is 5.46. The van der Waals surface area contributed by atoms with Gasteiger partial charge in [0.25, 0.3) is 0 Å². The van der Waals surface area contributed by atoms with Crippen molar-refractivity contribution in [3.05, 3.63) is 0 Å². The fourth-order valence-corrected chi connectivity index (χ4v) is 2.25. The number of alkyl halides is 3. The summed E-state index contributed by atoms with van der Waals surface area (Å²) in [6.07, 6.45) is -3.74. The van der Waals surface area contributed by atoms with Crippen LogP contribution in [0.5, 0.6) is 0 Å². The number of nitrogens with zero attached hydrogens (tertiary/aromatic N) is 1. The Hall–Kier alpha value is -0.820. The zero-order chi connectivity index (χ0) is 13.1. The Morgan fingerprint density at radius 3 is 2.65 bits per heavy atom. The van der Waals surface area contributed by atoms with Gasteiger partial charge in [0.2, 0.25) is 0 Å². The highest BCUT2D eigenvalue weighted by atomic mass is 19.4. The van der Waals surface area contributed by atoms with Gasteiger partial charge in [0.1, 0.15) is 0 Å². The molecule has 0 bridgehead atoms. The number of halogens is 3. The molecule has 2 atom stereocenters. The summed E-state index contributed by atoms with van der Waals surface area (Å²) in [6, 6.07) is -0.292. The van der Waals surface area contributed by atoms with Crippen LogP contribution in [0, 0.1) is 5.92 Å². The lowest BCUT2D eigenvalue weighted by atomic mass is 9.92. The number of likely N-dealkylation sites (tertiary alicyclic amines) is 1. The van der Waals surface area contributed by atoms with Crippen molar-refractivity contribution in [1.82, 2.24) is 10.2 Å². The van der Waals surface area contributed by atoms with Crippen molar-refractivity contribution < 1.29 is 23.1 Å². The van der Waals surface area contributed by atoms with Gasteiger partial charge in [-0.2, -0.15) is 13.2 Å². The van der Waals surface area contributed by atoms with Gasteiger partial charge < -0.3 is 15.3 Å². The fraction of sp³-hybridized carbons (Fsp3) is 0.900. The molecule has 0 aromatic carbocycles. The summed E-state index contributed by atoms with van der Waals surface area (Å²) in [6.45, 7) is 0.119. The maximum absolute atomic E-state index is 12.0. The van der Waals surface area contributed by atoms with Crippen LogP contribution in [-0.4, -0.2) is 54.9 Å². The van der Waals surface area contributed by atoms with E-state index in [0.717, 1.165) is 0 Å². The van der Waals surface area contributed by atoms with E-state index in [2.05, 4.69) is 5.32 Å². The van der Waals surface area contributed by atoms with Crippen molar-refractivity contribution in [2.24, 2.45) is 5.92 Å². The first-order chi connectivity index (χ1) is 7.76. The van der Waals surface area contributed by atoms with Gasteiger partial charge in [-0.05, 0) is 19.4 Å². The SMILES string of the molecule is CN1CC(CC(=O)O)CC(NCC(F)(F)F)C1. The normalized spacial score (nSPS) is 27.1. The van der Waals surface area contributed by atoms with Crippen LogP contribution in [0.25, 0.3) is 0 Å². The third kappa shape index (κ3) is 5.88. The lowest BCUT2D eigenvalue weighted by Crippen LogP contribution is -2.50. The highest BCUT2D eigenvalue weighted by molar-refractivity contribution is 5.67. The summed E-state index contributed by atoms with van der Waals surface area (Å²) in [4.78, 5) is 12.4. The van der Waals surface area contributed by atoms with Crippen LogP contribution in [-0.2, 0) is 4.79 Å². The molecule has 4 nitrogen and oxygen atoms in total. The second kappa shape index (κ2) is 5.68. The molecule has 1 saturated heterocycles. The Morgan fingerprint density at radius 1 is 1.47 bits per heavy atom. The Kier molecular flexibility index (Phi) is 4.76. The molecule has 1 fully saturated rings. The van der Waals surface area contributed by atoms with Crippen LogP contribution in [0.1, 0.15) is 12.8 Å². The molecule has 17 heavy (non-hydrogen) atoms. The van der Waals surface area contributed by atoms with Crippen molar-refractivity contribution in [3.8, 4) is 0 Å². The third-order valence-corrected chi connectivity index (χ3v) is 2.77. The summed E-state index contributed by atoms with van der Waals surface area (Å²) >= 11 is 0. The van der Waals surface area contributed by atoms with Gasteiger partial charge in [-0.3, -0.25) is 4.79 Å². The van der Waals surface area contributed by atoms with E-state index in [1.807, 2.05) is 4.90 Å². The van der Waals surface area contributed by atoms with E-state index in [1.165, 1.54) is 0 Å². The molecule has 7 heteroatoms. The maximum Gasteiger partial charge on any atom is 0.401 e. The smallest absolute Gasteiger partial charge is 0.401 e. The van der Waals surface area contributed by atoms with E-state index in [-0.39, 0.29) is 18.4 Å². The second-order valence-corrected chi connectivity index (χ2v) is 4.61. The Balaban J connectivity index is 2.42. The minimum absolute atomic E-state index is 0.00847. The molecule has 0 aliphatic carbocycles. The Morgan fingerprint density at radius 2 is 2.12 bits per heavy atom. The van der Waals surface area contributed by atoms with Crippen LogP contribution >= 0.6 is 0 Å². The van der Waals surface area contributed by atoms with Crippen LogP contribution in [0.2, 0.25) is 0 Å². The topological polar surface area (TPSA) is 52.6 Å². The average Bonchev–Trinajstić information content (AvgIpc) is 2.11. The number of hydrogen-bond acceptors (Lipinski definition) is 3. The number of carbonyl (C=O) groups is 1. The molecule has 0 spiro atoms. The van der Waals surface area contributed by atoms with Gasteiger partial charge in [-0.15, -0.1) is 0 Å². The van der Waals surface area contributed by atoms with Crippen molar-refractivity contribution in [2.45, 2.75) is 25.1 Å². The van der Waals surface area contributed by atoms with Crippen LogP contribution in [0.15, 0.2) is 0 Å². The minimum atomic E-state index is -4.22. The number of carboxylic acid groups (broad SMARTS) is 1. The zero-order valence-corrected chi connectivity index (χ0v) is 9.63. The summed E-state index contributed by atoms with van der Waals surface area (Å²) in [5.74, 6) is -0.989. The van der Waals surface area contributed by atoms with Crippen LogP contribution in [0.4, 0.5) is 13.2 Å². The summed E-state index contributed by atoms with van der Waals surface area (Å²) < 4.78 is 36.1. The predicted molar refractivity (Wildman–Crippen MR) is 55.7 cm³/mol. The summed E-state index contributed by atoms with van der Waals surface area (Å²) in [7, 11) is 1.79. The van der Waals surface area contributed by atoms with E-state index < -0.39 is 18.7 Å². The van der Waals surface area contributed by atoms with E-state index in [9.17, 15) is 18.0 Å². The van der Waals surface area contributed by atoms with Crippen molar-refractivity contribution in [3.63, 3.8) is 0 Å². The highest BCUT2D eigenvalue weighted by Gasteiger charge is 2.31. The van der Waals surface area contributed by atoms with E-state index in [1.54, 1.807) is 7.05 Å². The number of hydrogen-bond donors (Lipinski definition) is 2. The van der Waals surface area contributed by atoms with Gasteiger partial charge in [-0.25, -0.2) is 0 Å². The summed E-state index contributed by atoms with van der Waals surface area (Å²) in [5.41, 5.74) is 0. The van der Waals surface area contributed by atoms with Gasteiger partial charge in [0.15, 0.2) is 0 Å². The van der Waals surface area contributed by atoms with Crippen LogP contribution in [0.3, 0.4) is 0 Å². The molecule has 1 aliphatic heterocycles. The first kappa shape index (κ1) is 14.2. The molecule has 0 saturated carbocycles. The van der Waals surface area contributed by atoms with Crippen LogP contribution < -0.4 is 5.32 Å². The molecule has 100 valence electrons. The average molecular weight is 254 g/mol.